The van der Waals surface area contributed by atoms with Gasteiger partial charge in [0.1, 0.15) is 6.26 Å². The number of hydrogen-bond acceptors (Lipinski definition) is 5. The Bertz CT molecular complexity index is 374. The highest BCUT2D eigenvalue weighted by Gasteiger charge is 2.02. The van der Waals surface area contributed by atoms with Crippen molar-refractivity contribution in [2.75, 3.05) is 0 Å². The minimum absolute atomic E-state index is 0.572. The van der Waals surface area contributed by atoms with Crippen LogP contribution in [0, 0.1) is 0 Å². The zero-order chi connectivity index (χ0) is 9.10. The third-order valence-electron chi connectivity index (χ3n) is 1.27. The molecule has 0 aliphatic heterocycles. The first-order valence-corrected chi connectivity index (χ1v) is 5.65. The molecule has 13 heavy (non-hydrogen) atoms. The molecule has 0 radical (unpaired) electrons. The number of thiazole rings is 1. The van der Waals surface area contributed by atoms with Crippen LogP contribution in [0.25, 0.3) is 0 Å². The Morgan fingerprint density at radius 3 is 3.08 bits per heavy atom. The van der Waals surface area contributed by atoms with E-state index in [9.17, 15) is 0 Å². The standard InChI is InChI=1S/C7H5ClN2OS2/c8-6-10-3-5(13-6)4-12-7-9-1-2-11-7/h1-3H,4H2. The minimum Gasteiger partial charge on any atom is -0.440 e. The Kier molecular flexibility index (Phi) is 2.87. The number of aromatic nitrogens is 2. The predicted octanol–water partition coefficient (Wildman–Crippen LogP) is 3.08. The van der Waals surface area contributed by atoms with Crippen LogP contribution in [0.1, 0.15) is 4.88 Å². The molecule has 0 saturated heterocycles. The van der Waals surface area contributed by atoms with Crippen molar-refractivity contribution in [3.05, 3.63) is 28.0 Å². The Balaban J connectivity index is 1.93. The number of halogens is 1. The first-order valence-electron chi connectivity index (χ1n) is 3.47. The lowest BCUT2D eigenvalue weighted by Gasteiger charge is -1.90. The lowest BCUT2D eigenvalue weighted by atomic mass is 10.6. The van der Waals surface area contributed by atoms with Crippen molar-refractivity contribution in [1.82, 2.24) is 9.97 Å². The van der Waals surface area contributed by atoms with Crippen molar-refractivity contribution < 1.29 is 4.42 Å². The SMILES string of the molecule is Clc1ncc(CSc2ncco2)s1. The highest BCUT2D eigenvalue weighted by Crippen LogP contribution is 2.25. The summed E-state index contributed by atoms with van der Waals surface area (Å²) >= 11 is 8.68. The summed E-state index contributed by atoms with van der Waals surface area (Å²) in [4.78, 5) is 9.04. The van der Waals surface area contributed by atoms with E-state index in [2.05, 4.69) is 9.97 Å². The molecule has 0 aliphatic carbocycles. The molecule has 0 bridgehead atoms. The molecule has 2 rings (SSSR count). The van der Waals surface area contributed by atoms with E-state index in [1.807, 2.05) is 0 Å². The lowest BCUT2D eigenvalue weighted by Crippen LogP contribution is -1.73. The highest BCUT2D eigenvalue weighted by atomic mass is 35.5. The molecule has 3 nitrogen and oxygen atoms in total. The molecule has 2 heterocycles. The molecule has 68 valence electrons. The number of thioether (sulfide) groups is 1. The summed E-state index contributed by atoms with van der Waals surface area (Å²) in [7, 11) is 0. The molecule has 0 aromatic carbocycles. The van der Waals surface area contributed by atoms with Gasteiger partial charge in [-0.25, -0.2) is 9.97 Å². The minimum atomic E-state index is 0.572. The molecule has 6 heteroatoms. The summed E-state index contributed by atoms with van der Waals surface area (Å²) in [6.07, 6.45) is 4.95. The first-order chi connectivity index (χ1) is 6.34. The van der Waals surface area contributed by atoms with E-state index in [4.69, 9.17) is 16.0 Å². The maximum Gasteiger partial charge on any atom is 0.255 e. The quantitative estimate of drug-likeness (QED) is 0.763. The van der Waals surface area contributed by atoms with Crippen LogP contribution in [0.4, 0.5) is 0 Å². The van der Waals surface area contributed by atoms with Crippen LogP contribution in [-0.4, -0.2) is 9.97 Å². The van der Waals surface area contributed by atoms with Gasteiger partial charge in [0.15, 0.2) is 4.47 Å². The Morgan fingerprint density at radius 1 is 1.54 bits per heavy atom. The molecular weight excluding hydrogens is 228 g/mol. The van der Waals surface area contributed by atoms with Crippen molar-refractivity contribution in [3.63, 3.8) is 0 Å². The normalized spacial score (nSPS) is 10.5. The maximum absolute atomic E-state index is 5.68. The molecule has 0 spiro atoms. The van der Waals surface area contributed by atoms with Gasteiger partial charge in [-0.3, -0.25) is 0 Å². The van der Waals surface area contributed by atoms with Crippen molar-refractivity contribution in [2.45, 2.75) is 11.0 Å². The summed E-state index contributed by atoms with van der Waals surface area (Å²) in [5.74, 6) is 0.797. The average molecular weight is 233 g/mol. The molecule has 2 aromatic heterocycles. The molecule has 2 aromatic rings. The van der Waals surface area contributed by atoms with Gasteiger partial charge in [-0.15, -0.1) is 11.3 Å². The molecule has 0 aliphatic rings. The van der Waals surface area contributed by atoms with Gasteiger partial charge in [-0.05, 0) is 0 Å². The van der Waals surface area contributed by atoms with Crippen molar-refractivity contribution in [1.29, 1.82) is 0 Å². The van der Waals surface area contributed by atoms with Crippen LogP contribution >= 0.6 is 34.7 Å². The fourth-order valence-corrected chi connectivity index (χ4v) is 2.55. The monoisotopic (exact) mass is 232 g/mol. The first kappa shape index (κ1) is 9.05. The average Bonchev–Trinajstić information content (AvgIpc) is 2.71. The summed E-state index contributed by atoms with van der Waals surface area (Å²) in [5.41, 5.74) is 0. The van der Waals surface area contributed by atoms with Crippen molar-refractivity contribution >= 4 is 34.7 Å². The van der Waals surface area contributed by atoms with Crippen LogP contribution in [-0.2, 0) is 5.75 Å². The van der Waals surface area contributed by atoms with Gasteiger partial charge in [-0.1, -0.05) is 23.4 Å². The molecular formula is C7H5ClN2OS2. The summed E-state index contributed by atoms with van der Waals surface area (Å²) in [6, 6.07) is 0. The Labute approximate surface area is 88.2 Å². The molecule has 0 fully saturated rings. The molecule has 0 saturated carbocycles. The number of hydrogen-bond donors (Lipinski definition) is 0. The Morgan fingerprint density at radius 2 is 2.46 bits per heavy atom. The second-order valence-corrected chi connectivity index (χ2v) is 4.79. The second-order valence-electron chi connectivity index (χ2n) is 2.17. The van der Waals surface area contributed by atoms with Crippen molar-refractivity contribution in [2.24, 2.45) is 0 Å². The van der Waals surface area contributed by atoms with E-state index in [0.717, 1.165) is 10.6 Å². The van der Waals surface area contributed by atoms with Crippen LogP contribution < -0.4 is 0 Å². The summed E-state index contributed by atoms with van der Waals surface area (Å²) in [6.45, 7) is 0. The molecule has 0 N–H and O–H groups in total. The largest absolute Gasteiger partial charge is 0.440 e. The van der Waals surface area contributed by atoms with Crippen LogP contribution in [0.2, 0.25) is 4.47 Å². The number of rotatable bonds is 3. The topological polar surface area (TPSA) is 38.9 Å². The maximum atomic E-state index is 5.68. The predicted molar refractivity (Wildman–Crippen MR) is 53.2 cm³/mol. The third-order valence-corrected chi connectivity index (χ3v) is 3.47. The highest BCUT2D eigenvalue weighted by molar-refractivity contribution is 7.98. The summed E-state index contributed by atoms with van der Waals surface area (Å²) < 4.78 is 5.64. The van der Waals surface area contributed by atoms with Gasteiger partial charge >= 0.3 is 0 Å². The Hall–Kier alpha value is -0.520. The van der Waals surface area contributed by atoms with Gasteiger partial charge in [0.2, 0.25) is 0 Å². The van der Waals surface area contributed by atoms with E-state index < -0.39 is 0 Å². The van der Waals surface area contributed by atoms with E-state index in [1.54, 1.807) is 18.7 Å². The van der Waals surface area contributed by atoms with E-state index in [0.29, 0.717) is 9.69 Å². The fraction of sp³-hybridized carbons (Fsp3) is 0.143. The van der Waals surface area contributed by atoms with Crippen molar-refractivity contribution in [3.8, 4) is 0 Å². The zero-order valence-electron chi connectivity index (χ0n) is 6.44. The van der Waals surface area contributed by atoms with Crippen LogP contribution in [0.15, 0.2) is 28.3 Å². The third kappa shape index (κ3) is 2.46. The van der Waals surface area contributed by atoms with Gasteiger partial charge in [0.25, 0.3) is 5.22 Å². The number of nitrogens with zero attached hydrogens (tertiary/aromatic N) is 2. The van der Waals surface area contributed by atoms with E-state index in [1.165, 1.54) is 23.1 Å². The lowest BCUT2D eigenvalue weighted by molar-refractivity contribution is 0.454. The molecule has 0 amide bonds. The van der Waals surface area contributed by atoms with Crippen LogP contribution in [0.3, 0.4) is 0 Å². The smallest absolute Gasteiger partial charge is 0.255 e. The summed E-state index contributed by atoms with van der Waals surface area (Å²) in [5, 5.41) is 0.671. The van der Waals surface area contributed by atoms with Gasteiger partial charge in [0.05, 0.1) is 6.20 Å². The second kappa shape index (κ2) is 4.13. The van der Waals surface area contributed by atoms with Crippen LogP contribution in [0.5, 0.6) is 0 Å². The van der Waals surface area contributed by atoms with Gasteiger partial charge in [-0.2, -0.15) is 0 Å². The molecule has 0 unspecified atom stereocenters. The van der Waals surface area contributed by atoms with E-state index >= 15 is 0 Å². The zero-order valence-corrected chi connectivity index (χ0v) is 8.83. The van der Waals surface area contributed by atoms with E-state index in [-0.39, 0.29) is 0 Å². The number of oxazole rings is 1. The fourth-order valence-electron chi connectivity index (χ4n) is 0.765. The molecule has 0 atom stereocenters. The van der Waals surface area contributed by atoms with Gasteiger partial charge in [0, 0.05) is 16.8 Å². The van der Waals surface area contributed by atoms with Gasteiger partial charge < -0.3 is 4.42 Å².